The molecule has 0 aromatic heterocycles. The number of hydrogen-bond acceptors (Lipinski definition) is 3. The minimum atomic E-state index is -0.993. The molecule has 21 heavy (non-hydrogen) atoms. The number of methoxy groups -OCH3 is 1. The van der Waals surface area contributed by atoms with Crippen LogP contribution < -0.4 is 4.74 Å². The summed E-state index contributed by atoms with van der Waals surface area (Å²) < 4.78 is 10.3. The smallest absolute Gasteiger partial charge is 0.339 e. The number of allylic oxidation sites excluding steroid dienone is 2. The lowest BCUT2D eigenvalue weighted by Crippen LogP contribution is -2.29. The van der Waals surface area contributed by atoms with E-state index >= 15 is 0 Å². The Morgan fingerprint density at radius 1 is 1.10 bits per heavy atom. The first-order chi connectivity index (χ1) is 9.69. The molecule has 4 heteroatoms. The molecule has 114 valence electrons. The fraction of sp³-hybridized carbons (Fsp3) is 0.471. The average molecular weight is 290 g/mol. The Morgan fingerprint density at radius 2 is 1.62 bits per heavy atom. The van der Waals surface area contributed by atoms with E-state index in [-0.39, 0.29) is 23.2 Å². The van der Waals surface area contributed by atoms with E-state index in [1.807, 2.05) is 6.07 Å². The first-order valence-corrected chi connectivity index (χ1v) is 6.93. The van der Waals surface area contributed by atoms with E-state index in [0.717, 1.165) is 11.1 Å². The fourth-order valence-electron chi connectivity index (χ4n) is 2.65. The quantitative estimate of drug-likeness (QED) is 0.681. The van der Waals surface area contributed by atoms with Gasteiger partial charge in [-0.2, -0.15) is 0 Å². The summed E-state index contributed by atoms with van der Waals surface area (Å²) in [7, 11) is 1.51. The van der Waals surface area contributed by atoms with Crippen LogP contribution in [0.4, 0.5) is 0 Å². The van der Waals surface area contributed by atoms with E-state index in [9.17, 15) is 9.90 Å². The largest absolute Gasteiger partial charge is 0.478 e. The minimum absolute atomic E-state index is 0.0265. The molecule has 2 rings (SSSR count). The number of hydrogen-bond donors (Lipinski definition) is 1. The van der Waals surface area contributed by atoms with E-state index in [4.69, 9.17) is 9.47 Å². The van der Waals surface area contributed by atoms with Gasteiger partial charge in [-0.25, -0.2) is 4.79 Å². The van der Waals surface area contributed by atoms with Crippen molar-refractivity contribution in [3.05, 3.63) is 41.0 Å². The molecular weight excluding hydrogens is 268 g/mol. The van der Waals surface area contributed by atoms with Crippen LogP contribution in [0.25, 0.3) is 0 Å². The maximum absolute atomic E-state index is 11.5. The summed E-state index contributed by atoms with van der Waals surface area (Å²) >= 11 is 0. The first kappa shape index (κ1) is 15.6. The van der Waals surface area contributed by atoms with Gasteiger partial charge in [-0.05, 0) is 23.3 Å². The van der Waals surface area contributed by atoms with Gasteiger partial charge in [0, 0.05) is 17.9 Å². The maximum atomic E-state index is 11.5. The highest BCUT2D eigenvalue weighted by atomic mass is 16.7. The lowest BCUT2D eigenvalue weighted by molar-refractivity contribution is 0.0482. The molecule has 0 amide bonds. The molecule has 1 N–H and O–H groups in total. The van der Waals surface area contributed by atoms with E-state index in [1.54, 1.807) is 6.07 Å². The summed E-state index contributed by atoms with van der Waals surface area (Å²) in [6.45, 7) is 8.41. The van der Waals surface area contributed by atoms with Crippen LogP contribution in [-0.2, 0) is 15.6 Å². The molecule has 0 fully saturated rings. The van der Waals surface area contributed by atoms with Crippen molar-refractivity contribution in [2.75, 3.05) is 13.9 Å². The molecule has 1 aromatic rings. The van der Waals surface area contributed by atoms with Gasteiger partial charge in [-0.15, -0.1) is 0 Å². The van der Waals surface area contributed by atoms with Crippen LogP contribution in [-0.4, -0.2) is 25.0 Å². The molecule has 0 saturated heterocycles. The monoisotopic (exact) mass is 290 g/mol. The van der Waals surface area contributed by atoms with Gasteiger partial charge in [0.15, 0.2) is 6.79 Å². The SMILES string of the molecule is COCOc1cc2c(cc1C(=O)O)C(C)(C)C=CC2(C)C. The highest BCUT2D eigenvalue weighted by molar-refractivity contribution is 5.91. The van der Waals surface area contributed by atoms with E-state index in [2.05, 4.69) is 39.8 Å². The molecule has 0 radical (unpaired) electrons. The Labute approximate surface area is 125 Å². The van der Waals surface area contributed by atoms with Crippen LogP contribution in [0.5, 0.6) is 5.75 Å². The van der Waals surface area contributed by atoms with Gasteiger partial charge in [0.2, 0.25) is 0 Å². The van der Waals surface area contributed by atoms with Crippen molar-refractivity contribution in [2.45, 2.75) is 38.5 Å². The van der Waals surface area contributed by atoms with Crippen LogP contribution >= 0.6 is 0 Å². The fourth-order valence-corrected chi connectivity index (χ4v) is 2.65. The number of benzene rings is 1. The summed E-state index contributed by atoms with van der Waals surface area (Å²) in [6.07, 6.45) is 4.30. The highest BCUT2D eigenvalue weighted by Crippen LogP contribution is 2.43. The van der Waals surface area contributed by atoms with E-state index < -0.39 is 5.97 Å². The first-order valence-electron chi connectivity index (χ1n) is 6.93. The molecule has 0 aliphatic heterocycles. The van der Waals surface area contributed by atoms with Crippen molar-refractivity contribution in [3.63, 3.8) is 0 Å². The lowest BCUT2D eigenvalue weighted by Gasteiger charge is -2.37. The number of aromatic carboxylic acids is 1. The summed E-state index contributed by atoms with van der Waals surface area (Å²) in [5, 5.41) is 9.43. The van der Waals surface area contributed by atoms with Crippen molar-refractivity contribution in [3.8, 4) is 5.75 Å². The maximum Gasteiger partial charge on any atom is 0.339 e. The zero-order chi connectivity index (χ0) is 15.8. The summed E-state index contributed by atoms with van der Waals surface area (Å²) in [6, 6.07) is 3.57. The van der Waals surface area contributed by atoms with Crippen LogP contribution in [0.3, 0.4) is 0 Å². The zero-order valence-corrected chi connectivity index (χ0v) is 13.2. The number of ether oxygens (including phenoxy) is 2. The molecule has 4 nitrogen and oxygen atoms in total. The normalized spacial score (nSPS) is 18.1. The van der Waals surface area contributed by atoms with Gasteiger partial charge in [0.25, 0.3) is 0 Å². The van der Waals surface area contributed by atoms with Gasteiger partial charge in [0.05, 0.1) is 0 Å². The molecule has 0 saturated carbocycles. The highest BCUT2D eigenvalue weighted by Gasteiger charge is 2.34. The molecule has 0 unspecified atom stereocenters. The van der Waals surface area contributed by atoms with Crippen molar-refractivity contribution in [1.82, 2.24) is 0 Å². The van der Waals surface area contributed by atoms with Gasteiger partial charge < -0.3 is 14.6 Å². The molecule has 1 aliphatic carbocycles. The van der Waals surface area contributed by atoms with Crippen LogP contribution in [0.1, 0.15) is 49.2 Å². The Hall–Kier alpha value is -1.81. The summed E-state index contributed by atoms with van der Waals surface area (Å²) in [5.41, 5.74) is 1.93. The molecule has 0 spiro atoms. The predicted octanol–water partition coefficient (Wildman–Crippen LogP) is 3.49. The minimum Gasteiger partial charge on any atom is -0.478 e. The van der Waals surface area contributed by atoms with Gasteiger partial charge in [-0.3, -0.25) is 0 Å². The molecule has 1 aromatic carbocycles. The van der Waals surface area contributed by atoms with Crippen molar-refractivity contribution in [1.29, 1.82) is 0 Å². The van der Waals surface area contributed by atoms with Gasteiger partial charge >= 0.3 is 5.97 Å². The predicted molar refractivity (Wildman–Crippen MR) is 81.1 cm³/mol. The second-order valence-corrected chi connectivity index (χ2v) is 6.53. The van der Waals surface area contributed by atoms with Crippen LogP contribution in [0.15, 0.2) is 24.3 Å². The lowest BCUT2D eigenvalue weighted by atomic mass is 9.67. The number of carboxylic acids is 1. The Balaban J connectivity index is 2.66. The van der Waals surface area contributed by atoms with Crippen molar-refractivity contribution >= 4 is 5.97 Å². The Bertz CT molecular complexity index is 597. The number of rotatable bonds is 4. The Kier molecular flexibility index (Phi) is 3.85. The number of carboxylic acid groups (broad SMARTS) is 1. The van der Waals surface area contributed by atoms with E-state index in [0.29, 0.717) is 5.75 Å². The van der Waals surface area contributed by atoms with Crippen LogP contribution in [0, 0.1) is 0 Å². The number of carbonyl (C=O) groups is 1. The topological polar surface area (TPSA) is 55.8 Å². The molecule has 0 atom stereocenters. The standard InChI is InChI=1S/C17H22O4/c1-16(2)6-7-17(3,4)13-9-14(21-10-20-5)11(15(18)19)8-12(13)16/h6-9H,10H2,1-5H3,(H,18,19). The van der Waals surface area contributed by atoms with Gasteiger partial charge in [-0.1, -0.05) is 39.8 Å². The third-order valence-corrected chi connectivity index (χ3v) is 3.99. The van der Waals surface area contributed by atoms with E-state index in [1.165, 1.54) is 7.11 Å². The second kappa shape index (κ2) is 5.19. The van der Waals surface area contributed by atoms with Gasteiger partial charge in [0.1, 0.15) is 11.3 Å². The summed E-state index contributed by atoms with van der Waals surface area (Å²) in [4.78, 5) is 11.5. The van der Waals surface area contributed by atoms with Crippen molar-refractivity contribution in [2.24, 2.45) is 0 Å². The number of fused-ring (bicyclic) bond motifs is 1. The molecule has 0 bridgehead atoms. The zero-order valence-electron chi connectivity index (χ0n) is 13.2. The van der Waals surface area contributed by atoms with Crippen LogP contribution in [0.2, 0.25) is 0 Å². The second-order valence-electron chi connectivity index (χ2n) is 6.53. The third kappa shape index (κ3) is 2.81. The third-order valence-electron chi connectivity index (χ3n) is 3.99. The van der Waals surface area contributed by atoms with Crippen molar-refractivity contribution < 1.29 is 19.4 Å². The molecule has 0 heterocycles. The summed E-state index contributed by atoms with van der Waals surface area (Å²) in [5.74, 6) is -0.644. The average Bonchev–Trinajstić information content (AvgIpc) is 2.41. The Morgan fingerprint density at radius 3 is 2.10 bits per heavy atom. The molecular formula is C17H22O4. The molecule has 1 aliphatic rings.